The molecular formula is C15H15Cl2NO3. The van der Waals surface area contributed by atoms with E-state index >= 15 is 0 Å². The Hall–Kier alpha value is -1.26. The molecule has 1 saturated heterocycles. The van der Waals surface area contributed by atoms with Crippen molar-refractivity contribution in [3.63, 3.8) is 0 Å². The molecule has 1 aliphatic heterocycles. The van der Waals surface area contributed by atoms with Gasteiger partial charge in [-0.25, -0.2) is 0 Å². The largest absolute Gasteiger partial charge is 0.481 e. The van der Waals surface area contributed by atoms with Crippen LogP contribution in [-0.4, -0.2) is 35.0 Å². The van der Waals surface area contributed by atoms with Crippen molar-refractivity contribution in [2.75, 3.05) is 13.1 Å². The van der Waals surface area contributed by atoms with Crippen LogP contribution in [0.4, 0.5) is 0 Å². The Labute approximate surface area is 132 Å². The minimum Gasteiger partial charge on any atom is -0.481 e. The second-order valence-electron chi connectivity index (χ2n) is 5.76. The van der Waals surface area contributed by atoms with Gasteiger partial charge in [-0.1, -0.05) is 23.2 Å². The molecule has 1 saturated carbocycles. The summed E-state index contributed by atoms with van der Waals surface area (Å²) in [5.41, 5.74) is 0.986. The van der Waals surface area contributed by atoms with Crippen molar-refractivity contribution in [1.82, 2.24) is 4.90 Å². The van der Waals surface area contributed by atoms with Crippen molar-refractivity contribution in [3.8, 4) is 0 Å². The predicted octanol–water partition coefficient (Wildman–Crippen LogP) is 3.03. The molecule has 112 valence electrons. The first-order valence-corrected chi connectivity index (χ1v) is 7.69. The number of likely N-dealkylation sites (tertiary alicyclic amines) is 1. The van der Waals surface area contributed by atoms with Gasteiger partial charge in [0.15, 0.2) is 0 Å². The SMILES string of the molecule is O=C(O)[C@@H]1CCN(C(=O)[C@H]2C[C@H]2c2cc(Cl)cc(Cl)c2)C1. The number of nitrogens with zero attached hydrogens (tertiary/aromatic N) is 1. The lowest BCUT2D eigenvalue weighted by Gasteiger charge is -2.15. The van der Waals surface area contributed by atoms with Crippen molar-refractivity contribution >= 4 is 35.1 Å². The highest BCUT2D eigenvalue weighted by molar-refractivity contribution is 6.34. The summed E-state index contributed by atoms with van der Waals surface area (Å²) in [6.45, 7) is 0.864. The van der Waals surface area contributed by atoms with Gasteiger partial charge >= 0.3 is 5.97 Å². The van der Waals surface area contributed by atoms with Crippen molar-refractivity contribution < 1.29 is 14.7 Å². The van der Waals surface area contributed by atoms with Gasteiger partial charge in [-0.2, -0.15) is 0 Å². The predicted molar refractivity (Wildman–Crippen MR) is 79.6 cm³/mol. The molecule has 0 unspecified atom stereocenters. The van der Waals surface area contributed by atoms with Gasteiger partial charge in [0.05, 0.1) is 5.92 Å². The van der Waals surface area contributed by atoms with Crippen LogP contribution in [0.15, 0.2) is 18.2 Å². The monoisotopic (exact) mass is 327 g/mol. The van der Waals surface area contributed by atoms with E-state index in [0.717, 1.165) is 12.0 Å². The lowest BCUT2D eigenvalue weighted by Crippen LogP contribution is -2.31. The van der Waals surface area contributed by atoms with E-state index in [-0.39, 0.29) is 17.7 Å². The molecule has 0 spiro atoms. The number of amides is 1. The first-order valence-electron chi connectivity index (χ1n) is 6.93. The summed E-state index contributed by atoms with van der Waals surface area (Å²) in [7, 11) is 0. The van der Waals surface area contributed by atoms with Crippen LogP contribution in [0.3, 0.4) is 0 Å². The molecule has 1 N–H and O–H groups in total. The Kier molecular flexibility index (Phi) is 3.84. The molecule has 0 radical (unpaired) electrons. The lowest BCUT2D eigenvalue weighted by atomic mass is 10.1. The molecular weight excluding hydrogens is 313 g/mol. The number of carbonyl (C=O) groups excluding carboxylic acids is 1. The number of carboxylic acids is 1. The Balaban J connectivity index is 1.65. The highest BCUT2D eigenvalue weighted by atomic mass is 35.5. The summed E-state index contributed by atoms with van der Waals surface area (Å²) >= 11 is 12.0. The topological polar surface area (TPSA) is 57.6 Å². The van der Waals surface area contributed by atoms with E-state index in [1.165, 1.54) is 0 Å². The number of benzene rings is 1. The fourth-order valence-electron chi connectivity index (χ4n) is 3.02. The molecule has 2 fully saturated rings. The first kappa shape index (κ1) is 14.7. The van der Waals surface area contributed by atoms with Gasteiger partial charge < -0.3 is 10.0 Å². The second-order valence-corrected chi connectivity index (χ2v) is 6.63. The zero-order valence-electron chi connectivity index (χ0n) is 11.3. The van der Waals surface area contributed by atoms with Crippen LogP contribution >= 0.6 is 23.2 Å². The van der Waals surface area contributed by atoms with Gasteiger partial charge in [-0.15, -0.1) is 0 Å². The van der Waals surface area contributed by atoms with Crippen molar-refractivity contribution in [1.29, 1.82) is 0 Å². The first-order chi connectivity index (χ1) is 9.95. The smallest absolute Gasteiger partial charge is 0.308 e. The minimum absolute atomic E-state index is 0.0554. The molecule has 1 aromatic rings. The third kappa shape index (κ3) is 3.01. The molecule has 3 atom stereocenters. The standard InChI is InChI=1S/C15H15Cl2NO3/c16-10-3-9(4-11(17)5-10)12-6-13(12)14(19)18-2-1-8(7-18)15(20)21/h3-5,8,12-13H,1-2,6-7H2,(H,20,21)/t8-,12+,13+/m1/s1. The summed E-state index contributed by atoms with van der Waals surface area (Å²) in [6, 6.07) is 5.36. The van der Waals surface area contributed by atoms with Gasteiger partial charge in [0.25, 0.3) is 0 Å². The summed E-state index contributed by atoms with van der Waals surface area (Å²) < 4.78 is 0. The average Bonchev–Trinajstić information content (AvgIpc) is 3.05. The van der Waals surface area contributed by atoms with E-state index in [1.807, 2.05) is 12.1 Å². The van der Waals surface area contributed by atoms with E-state index in [9.17, 15) is 9.59 Å². The number of carboxylic acid groups (broad SMARTS) is 1. The molecule has 1 aromatic carbocycles. The molecule has 1 heterocycles. The number of hydrogen-bond donors (Lipinski definition) is 1. The molecule has 0 aromatic heterocycles. The highest BCUT2D eigenvalue weighted by Crippen LogP contribution is 2.49. The highest BCUT2D eigenvalue weighted by Gasteiger charge is 2.47. The molecule has 1 amide bonds. The van der Waals surface area contributed by atoms with Crippen LogP contribution in [0.5, 0.6) is 0 Å². The van der Waals surface area contributed by atoms with Crippen molar-refractivity contribution in [3.05, 3.63) is 33.8 Å². The summed E-state index contributed by atoms with van der Waals surface area (Å²) in [5.74, 6) is -1.10. The Morgan fingerprint density at radius 2 is 1.86 bits per heavy atom. The number of aliphatic carboxylic acids is 1. The molecule has 4 nitrogen and oxygen atoms in total. The number of halogens is 2. The van der Waals surface area contributed by atoms with E-state index < -0.39 is 11.9 Å². The molecule has 0 bridgehead atoms. The van der Waals surface area contributed by atoms with Gasteiger partial charge in [-0.05, 0) is 42.5 Å². The quantitative estimate of drug-likeness (QED) is 0.928. The van der Waals surface area contributed by atoms with Crippen LogP contribution in [0.25, 0.3) is 0 Å². The zero-order valence-corrected chi connectivity index (χ0v) is 12.8. The molecule has 2 aliphatic rings. The van der Waals surface area contributed by atoms with Crippen molar-refractivity contribution in [2.45, 2.75) is 18.8 Å². The van der Waals surface area contributed by atoms with E-state index in [2.05, 4.69) is 0 Å². The lowest BCUT2D eigenvalue weighted by molar-refractivity contribution is -0.141. The Morgan fingerprint density at radius 3 is 2.43 bits per heavy atom. The average molecular weight is 328 g/mol. The van der Waals surface area contributed by atoms with Gasteiger partial charge in [-0.3, -0.25) is 9.59 Å². The Morgan fingerprint density at radius 1 is 1.19 bits per heavy atom. The van der Waals surface area contributed by atoms with E-state index in [4.69, 9.17) is 28.3 Å². The molecule has 6 heteroatoms. The van der Waals surface area contributed by atoms with Crippen LogP contribution < -0.4 is 0 Å². The normalized spacial score (nSPS) is 27.7. The zero-order chi connectivity index (χ0) is 15.1. The molecule has 21 heavy (non-hydrogen) atoms. The van der Waals surface area contributed by atoms with Gasteiger partial charge in [0.2, 0.25) is 5.91 Å². The number of rotatable bonds is 3. The minimum atomic E-state index is -0.820. The summed E-state index contributed by atoms with van der Waals surface area (Å²) in [6.07, 6.45) is 1.32. The number of hydrogen-bond acceptors (Lipinski definition) is 2. The van der Waals surface area contributed by atoms with Crippen LogP contribution in [0, 0.1) is 11.8 Å². The maximum atomic E-state index is 12.4. The van der Waals surface area contributed by atoms with Crippen LogP contribution in [-0.2, 0) is 9.59 Å². The maximum absolute atomic E-state index is 12.4. The van der Waals surface area contributed by atoms with Crippen molar-refractivity contribution in [2.24, 2.45) is 11.8 Å². The van der Waals surface area contributed by atoms with E-state index in [1.54, 1.807) is 11.0 Å². The fourth-order valence-corrected chi connectivity index (χ4v) is 3.57. The van der Waals surface area contributed by atoms with Crippen LogP contribution in [0.1, 0.15) is 24.3 Å². The molecule has 1 aliphatic carbocycles. The summed E-state index contributed by atoms with van der Waals surface area (Å²) in [4.78, 5) is 25.0. The third-order valence-corrected chi connectivity index (χ3v) is 4.71. The second kappa shape index (κ2) is 5.50. The van der Waals surface area contributed by atoms with E-state index in [0.29, 0.717) is 29.6 Å². The maximum Gasteiger partial charge on any atom is 0.308 e. The van der Waals surface area contributed by atoms with Crippen LogP contribution in [0.2, 0.25) is 10.0 Å². The van der Waals surface area contributed by atoms with Gasteiger partial charge in [0, 0.05) is 29.1 Å². The number of carbonyl (C=O) groups is 2. The Bertz CT molecular complexity index is 584. The summed E-state index contributed by atoms with van der Waals surface area (Å²) in [5, 5.41) is 10.1. The third-order valence-electron chi connectivity index (χ3n) is 4.27. The fraction of sp³-hybridized carbons (Fsp3) is 0.467. The van der Waals surface area contributed by atoms with Gasteiger partial charge in [0.1, 0.15) is 0 Å². The molecule has 3 rings (SSSR count).